The molecule has 0 saturated heterocycles. The maximum atomic E-state index is 13.1. The summed E-state index contributed by atoms with van der Waals surface area (Å²) in [4.78, 5) is 14.7. The highest BCUT2D eigenvalue weighted by atomic mass is 16.5. The van der Waals surface area contributed by atoms with Gasteiger partial charge in [0.1, 0.15) is 11.0 Å². The Labute approximate surface area is 197 Å². The van der Waals surface area contributed by atoms with Crippen LogP contribution in [0, 0.1) is 0 Å². The van der Waals surface area contributed by atoms with E-state index in [0.717, 1.165) is 41.4 Å². The standard InChI is InChI=1S/C27H37N3O3/c1-6-7-8-9-12-19(2)33-26(32)20-17-22(27(3,4)5)21(15-16-31)25(18-20)30-28-23-13-10-11-14-24(23)29-30/h10-11,13-14,17-19,31H,6-9,12,15-16H2,1-5H3. The third kappa shape index (κ3) is 6.20. The molecule has 178 valence electrons. The van der Waals surface area contributed by atoms with Gasteiger partial charge in [0.05, 0.1) is 17.4 Å². The Morgan fingerprint density at radius 1 is 1.09 bits per heavy atom. The van der Waals surface area contributed by atoms with Crippen molar-refractivity contribution in [2.24, 2.45) is 0 Å². The van der Waals surface area contributed by atoms with Crippen LogP contribution in [0.2, 0.25) is 0 Å². The Balaban J connectivity index is 2.01. The second-order valence-corrected chi connectivity index (χ2v) is 9.79. The van der Waals surface area contributed by atoms with Crippen LogP contribution in [0.3, 0.4) is 0 Å². The Hall–Kier alpha value is -2.73. The number of unbranched alkanes of at least 4 members (excludes halogenated alkanes) is 3. The van der Waals surface area contributed by atoms with Crippen molar-refractivity contribution in [1.82, 2.24) is 15.0 Å². The fraction of sp³-hybridized carbons (Fsp3) is 0.519. The molecule has 2 aromatic carbocycles. The van der Waals surface area contributed by atoms with Crippen LogP contribution in [-0.2, 0) is 16.6 Å². The molecule has 0 aliphatic rings. The molecule has 1 aromatic heterocycles. The lowest BCUT2D eigenvalue weighted by Gasteiger charge is -2.26. The first-order valence-electron chi connectivity index (χ1n) is 12.1. The molecule has 1 unspecified atom stereocenters. The van der Waals surface area contributed by atoms with Gasteiger partial charge in [0.25, 0.3) is 0 Å². The first-order valence-corrected chi connectivity index (χ1v) is 12.1. The topological polar surface area (TPSA) is 77.2 Å². The van der Waals surface area contributed by atoms with E-state index in [1.165, 1.54) is 12.8 Å². The van der Waals surface area contributed by atoms with Gasteiger partial charge in [0.2, 0.25) is 0 Å². The maximum absolute atomic E-state index is 13.1. The van der Waals surface area contributed by atoms with E-state index in [4.69, 9.17) is 4.74 Å². The van der Waals surface area contributed by atoms with Crippen LogP contribution in [0.1, 0.15) is 88.2 Å². The van der Waals surface area contributed by atoms with Crippen molar-refractivity contribution >= 4 is 17.0 Å². The minimum Gasteiger partial charge on any atom is -0.459 e. The van der Waals surface area contributed by atoms with Gasteiger partial charge in [-0.15, -0.1) is 10.2 Å². The number of fused-ring (bicyclic) bond motifs is 1. The summed E-state index contributed by atoms with van der Waals surface area (Å²) in [5, 5.41) is 19.1. The van der Waals surface area contributed by atoms with Crippen LogP contribution < -0.4 is 0 Å². The van der Waals surface area contributed by atoms with E-state index in [-0.39, 0.29) is 24.1 Å². The zero-order chi connectivity index (χ0) is 24.0. The van der Waals surface area contributed by atoms with Crippen molar-refractivity contribution in [1.29, 1.82) is 0 Å². The van der Waals surface area contributed by atoms with Gasteiger partial charge < -0.3 is 9.84 Å². The van der Waals surface area contributed by atoms with Crippen LogP contribution in [-0.4, -0.2) is 38.8 Å². The van der Waals surface area contributed by atoms with Crippen molar-refractivity contribution in [3.63, 3.8) is 0 Å². The Morgan fingerprint density at radius 2 is 1.76 bits per heavy atom. The summed E-state index contributed by atoms with van der Waals surface area (Å²) in [5.74, 6) is -0.336. The number of aliphatic hydroxyl groups excluding tert-OH is 1. The van der Waals surface area contributed by atoms with E-state index in [1.807, 2.05) is 37.3 Å². The zero-order valence-corrected chi connectivity index (χ0v) is 20.6. The molecule has 1 atom stereocenters. The van der Waals surface area contributed by atoms with Crippen LogP contribution >= 0.6 is 0 Å². The average molecular weight is 452 g/mol. The van der Waals surface area contributed by atoms with Crippen molar-refractivity contribution in [2.75, 3.05) is 6.61 Å². The lowest BCUT2D eigenvalue weighted by atomic mass is 9.81. The molecule has 3 rings (SSSR count). The number of esters is 1. The number of carbonyl (C=O) groups is 1. The van der Waals surface area contributed by atoms with Gasteiger partial charge in [0.15, 0.2) is 0 Å². The van der Waals surface area contributed by atoms with E-state index in [2.05, 4.69) is 37.9 Å². The quantitative estimate of drug-likeness (QED) is 0.313. The predicted molar refractivity (Wildman–Crippen MR) is 132 cm³/mol. The third-order valence-electron chi connectivity index (χ3n) is 5.91. The summed E-state index contributed by atoms with van der Waals surface area (Å²) in [6.45, 7) is 10.4. The van der Waals surface area contributed by atoms with E-state index in [1.54, 1.807) is 10.9 Å². The highest BCUT2D eigenvalue weighted by Crippen LogP contribution is 2.32. The van der Waals surface area contributed by atoms with Crippen LogP contribution in [0.15, 0.2) is 36.4 Å². The normalized spacial score (nSPS) is 12.8. The number of hydrogen-bond acceptors (Lipinski definition) is 5. The second-order valence-electron chi connectivity index (χ2n) is 9.79. The molecule has 33 heavy (non-hydrogen) atoms. The molecule has 0 aliphatic carbocycles. The summed E-state index contributed by atoms with van der Waals surface area (Å²) in [7, 11) is 0. The number of benzene rings is 2. The van der Waals surface area contributed by atoms with Gasteiger partial charge >= 0.3 is 5.97 Å². The fourth-order valence-electron chi connectivity index (χ4n) is 4.13. The SMILES string of the molecule is CCCCCCC(C)OC(=O)c1cc(-n2nc3ccccc3n2)c(CCO)c(C(C)(C)C)c1. The van der Waals surface area contributed by atoms with Gasteiger partial charge in [-0.3, -0.25) is 0 Å². The number of hydrogen-bond donors (Lipinski definition) is 1. The lowest BCUT2D eigenvalue weighted by molar-refractivity contribution is 0.0319. The molecule has 1 heterocycles. The maximum Gasteiger partial charge on any atom is 0.338 e. The smallest absolute Gasteiger partial charge is 0.338 e. The summed E-state index contributed by atoms with van der Waals surface area (Å²) >= 11 is 0. The molecular weight excluding hydrogens is 414 g/mol. The summed E-state index contributed by atoms with van der Waals surface area (Å²) in [6, 6.07) is 11.4. The highest BCUT2D eigenvalue weighted by molar-refractivity contribution is 5.91. The van der Waals surface area contributed by atoms with Gasteiger partial charge in [0, 0.05) is 6.61 Å². The molecule has 0 radical (unpaired) electrons. The van der Waals surface area contributed by atoms with Gasteiger partial charge in [-0.1, -0.05) is 59.1 Å². The summed E-state index contributed by atoms with van der Waals surface area (Å²) in [6.07, 6.45) is 5.77. The molecule has 0 spiro atoms. The molecule has 6 nitrogen and oxygen atoms in total. The number of nitrogens with zero attached hydrogens (tertiary/aromatic N) is 3. The first-order chi connectivity index (χ1) is 15.7. The molecule has 0 amide bonds. The average Bonchev–Trinajstić information content (AvgIpc) is 3.20. The van der Waals surface area contributed by atoms with Crippen molar-refractivity contribution in [3.8, 4) is 5.69 Å². The second kappa shape index (κ2) is 10.9. The zero-order valence-electron chi connectivity index (χ0n) is 20.6. The van der Waals surface area contributed by atoms with Crippen LogP contribution in [0.4, 0.5) is 0 Å². The van der Waals surface area contributed by atoms with E-state index in [9.17, 15) is 9.90 Å². The fourth-order valence-corrected chi connectivity index (χ4v) is 4.13. The monoisotopic (exact) mass is 451 g/mol. The third-order valence-corrected chi connectivity index (χ3v) is 5.91. The molecule has 0 bridgehead atoms. The van der Waals surface area contributed by atoms with E-state index < -0.39 is 0 Å². The van der Waals surface area contributed by atoms with Gasteiger partial charge in [-0.25, -0.2) is 4.79 Å². The van der Waals surface area contributed by atoms with Gasteiger partial charge in [-0.2, -0.15) is 4.80 Å². The lowest BCUT2D eigenvalue weighted by Crippen LogP contribution is -2.21. The number of ether oxygens (including phenoxy) is 1. The number of aliphatic hydroxyl groups is 1. The van der Waals surface area contributed by atoms with Crippen molar-refractivity contribution in [2.45, 2.75) is 84.7 Å². The van der Waals surface area contributed by atoms with Crippen LogP contribution in [0.25, 0.3) is 16.7 Å². The summed E-state index contributed by atoms with van der Waals surface area (Å²) < 4.78 is 5.80. The number of rotatable bonds is 10. The molecular formula is C27H37N3O3. The Kier molecular flexibility index (Phi) is 8.25. The molecule has 6 heteroatoms. The van der Waals surface area contributed by atoms with Crippen molar-refractivity contribution in [3.05, 3.63) is 53.1 Å². The first kappa shape index (κ1) is 24.9. The Bertz CT molecular complexity index is 1050. The minimum absolute atomic E-state index is 0.00451. The van der Waals surface area contributed by atoms with E-state index in [0.29, 0.717) is 17.7 Å². The summed E-state index contributed by atoms with van der Waals surface area (Å²) in [5.41, 5.74) is 4.42. The van der Waals surface area contributed by atoms with E-state index >= 15 is 0 Å². The molecule has 0 fully saturated rings. The predicted octanol–water partition coefficient (Wildman–Crippen LogP) is 5.77. The van der Waals surface area contributed by atoms with Gasteiger partial charge in [-0.05, 0) is 67.0 Å². The van der Waals surface area contributed by atoms with Crippen molar-refractivity contribution < 1.29 is 14.6 Å². The number of carbonyl (C=O) groups excluding carboxylic acids is 1. The van der Waals surface area contributed by atoms with Crippen LogP contribution in [0.5, 0.6) is 0 Å². The largest absolute Gasteiger partial charge is 0.459 e. The minimum atomic E-state index is -0.336. The molecule has 1 N–H and O–H groups in total. The molecule has 0 aliphatic heterocycles. The Morgan fingerprint density at radius 3 is 2.33 bits per heavy atom. The molecule has 0 saturated carbocycles. The number of aromatic nitrogens is 3. The highest BCUT2D eigenvalue weighted by Gasteiger charge is 2.25. The molecule has 3 aromatic rings.